The van der Waals surface area contributed by atoms with Gasteiger partial charge in [-0.05, 0) is 25.5 Å². The number of ether oxygens (including phenoxy) is 2. The molecule has 22 heavy (non-hydrogen) atoms. The predicted octanol–water partition coefficient (Wildman–Crippen LogP) is 1.92. The summed E-state index contributed by atoms with van der Waals surface area (Å²) in [5.41, 5.74) is -0.267. The molecule has 1 aromatic rings. The Bertz CT molecular complexity index is 656. The second-order valence-electron chi connectivity index (χ2n) is 5.60. The van der Waals surface area contributed by atoms with Crippen LogP contribution in [-0.2, 0) is 15.1 Å². The molecule has 0 aromatic carbocycles. The zero-order chi connectivity index (χ0) is 16.3. The zero-order valence-corrected chi connectivity index (χ0v) is 13.0. The zero-order valence-electron chi connectivity index (χ0n) is 12.2. The van der Waals surface area contributed by atoms with E-state index in [-0.39, 0.29) is 17.9 Å². The van der Waals surface area contributed by atoms with Crippen molar-refractivity contribution in [2.45, 2.75) is 42.5 Å². The normalized spacial score (nSPS) is 32.6. The molecule has 1 N–H and O–H groups in total. The standard InChI is InChI=1S/C14H15F2NO4S/c1-6-4-7(2)17-10-8(6)13(19)5-14(21-10,12(15)16)22-9(13)11(18)20-3/h4,9,12,19H,5H2,1-3H3. The van der Waals surface area contributed by atoms with Gasteiger partial charge >= 0.3 is 5.97 Å². The summed E-state index contributed by atoms with van der Waals surface area (Å²) in [5.74, 6) is -0.795. The maximum Gasteiger partial charge on any atom is 0.322 e. The molecule has 2 aliphatic heterocycles. The molecule has 3 heterocycles. The Hall–Kier alpha value is -1.41. The number of hydrogen-bond acceptors (Lipinski definition) is 6. The summed E-state index contributed by atoms with van der Waals surface area (Å²) in [4.78, 5) is 14.1. The number of aliphatic hydroxyl groups is 1. The van der Waals surface area contributed by atoms with Crippen molar-refractivity contribution in [1.29, 1.82) is 0 Å². The van der Waals surface area contributed by atoms with Gasteiger partial charge in [0.2, 0.25) is 10.8 Å². The van der Waals surface area contributed by atoms with Gasteiger partial charge in [0.25, 0.3) is 6.43 Å². The highest BCUT2D eigenvalue weighted by Crippen LogP contribution is 2.62. The first kappa shape index (κ1) is 15.5. The maximum atomic E-state index is 13.6. The first-order chi connectivity index (χ1) is 10.2. The van der Waals surface area contributed by atoms with Crippen LogP contribution in [-0.4, -0.2) is 39.8 Å². The Morgan fingerprint density at radius 2 is 2.27 bits per heavy atom. The number of halogens is 2. The van der Waals surface area contributed by atoms with Crippen molar-refractivity contribution < 1.29 is 28.2 Å². The molecule has 2 aliphatic rings. The number of carbonyl (C=O) groups excluding carboxylic acids is 1. The topological polar surface area (TPSA) is 68.7 Å². The molecule has 3 atom stereocenters. The van der Waals surface area contributed by atoms with Crippen LogP contribution in [0, 0.1) is 13.8 Å². The number of rotatable bonds is 2. The van der Waals surface area contributed by atoms with Gasteiger partial charge in [0, 0.05) is 12.1 Å². The van der Waals surface area contributed by atoms with Crippen molar-refractivity contribution in [2.75, 3.05) is 7.11 Å². The van der Waals surface area contributed by atoms with E-state index in [1.807, 2.05) is 0 Å². The number of alkyl halides is 2. The molecule has 1 fully saturated rings. The van der Waals surface area contributed by atoms with E-state index in [1.54, 1.807) is 19.9 Å². The lowest BCUT2D eigenvalue weighted by Gasteiger charge is -2.37. The van der Waals surface area contributed by atoms with E-state index < -0.39 is 28.2 Å². The smallest absolute Gasteiger partial charge is 0.322 e. The lowest BCUT2D eigenvalue weighted by Crippen LogP contribution is -2.47. The first-order valence-corrected chi connectivity index (χ1v) is 7.55. The third kappa shape index (κ3) is 1.93. The Labute approximate surface area is 130 Å². The minimum Gasteiger partial charge on any atom is -0.468 e. The number of pyridine rings is 1. The number of nitrogens with zero attached hydrogens (tertiary/aromatic N) is 1. The van der Waals surface area contributed by atoms with E-state index in [0.29, 0.717) is 23.0 Å². The lowest BCUT2D eigenvalue weighted by molar-refractivity contribution is -0.147. The van der Waals surface area contributed by atoms with Gasteiger partial charge in [0.05, 0.1) is 12.7 Å². The van der Waals surface area contributed by atoms with Crippen LogP contribution in [0.5, 0.6) is 5.88 Å². The summed E-state index contributed by atoms with van der Waals surface area (Å²) >= 11 is 0.603. The number of methoxy groups -OCH3 is 1. The van der Waals surface area contributed by atoms with Crippen molar-refractivity contribution in [2.24, 2.45) is 0 Å². The van der Waals surface area contributed by atoms with Gasteiger partial charge in [0.1, 0.15) is 10.9 Å². The highest BCUT2D eigenvalue weighted by atomic mass is 32.2. The van der Waals surface area contributed by atoms with E-state index >= 15 is 0 Å². The summed E-state index contributed by atoms with van der Waals surface area (Å²) in [5, 5.41) is 9.86. The molecule has 120 valence electrons. The summed E-state index contributed by atoms with van der Waals surface area (Å²) in [6, 6.07) is 1.72. The van der Waals surface area contributed by atoms with E-state index in [1.165, 1.54) is 0 Å². The van der Waals surface area contributed by atoms with E-state index in [4.69, 9.17) is 4.74 Å². The third-order valence-corrected chi connectivity index (χ3v) is 5.65. The number of esters is 1. The number of aromatic nitrogens is 1. The van der Waals surface area contributed by atoms with Crippen LogP contribution in [0.1, 0.15) is 23.2 Å². The fourth-order valence-electron chi connectivity index (χ4n) is 3.18. The van der Waals surface area contributed by atoms with Gasteiger partial charge in [-0.2, -0.15) is 0 Å². The average Bonchev–Trinajstić information content (AvgIpc) is 2.66. The summed E-state index contributed by atoms with van der Waals surface area (Å²) in [6.45, 7) is 3.43. The molecule has 0 amide bonds. The molecule has 2 bridgehead atoms. The van der Waals surface area contributed by atoms with Gasteiger partial charge < -0.3 is 14.6 Å². The first-order valence-electron chi connectivity index (χ1n) is 6.67. The molecule has 0 spiro atoms. The van der Waals surface area contributed by atoms with E-state index in [2.05, 4.69) is 9.72 Å². The van der Waals surface area contributed by atoms with Crippen LogP contribution in [0.3, 0.4) is 0 Å². The Morgan fingerprint density at radius 1 is 1.59 bits per heavy atom. The SMILES string of the molecule is COC(=O)C1SC2(C(F)F)CC1(O)c1c(C)cc(C)nc1O2. The molecule has 3 rings (SSSR count). The molecule has 1 aromatic heterocycles. The van der Waals surface area contributed by atoms with Crippen molar-refractivity contribution >= 4 is 17.7 Å². The quantitative estimate of drug-likeness (QED) is 0.835. The fraction of sp³-hybridized carbons (Fsp3) is 0.571. The van der Waals surface area contributed by atoms with Gasteiger partial charge in [-0.3, -0.25) is 4.79 Å². The monoisotopic (exact) mass is 331 g/mol. The summed E-state index contributed by atoms with van der Waals surface area (Å²) in [7, 11) is 1.16. The molecule has 0 aliphatic carbocycles. The number of fused-ring (bicyclic) bond motifs is 4. The van der Waals surface area contributed by atoms with Crippen LogP contribution in [0.4, 0.5) is 8.78 Å². The minimum absolute atomic E-state index is 0.0366. The molecule has 0 radical (unpaired) electrons. The third-order valence-electron chi connectivity index (χ3n) is 4.03. The molecule has 3 unspecified atom stereocenters. The molecular weight excluding hydrogens is 316 g/mol. The van der Waals surface area contributed by atoms with Crippen molar-refractivity contribution in [3.8, 4) is 5.88 Å². The van der Waals surface area contributed by atoms with Crippen molar-refractivity contribution in [1.82, 2.24) is 4.98 Å². The van der Waals surface area contributed by atoms with Gasteiger partial charge in [0.15, 0.2) is 0 Å². The Kier molecular flexibility index (Phi) is 3.37. The van der Waals surface area contributed by atoms with Crippen LogP contribution < -0.4 is 4.74 Å². The Balaban J connectivity index is 2.23. The largest absolute Gasteiger partial charge is 0.468 e. The summed E-state index contributed by atoms with van der Waals surface area (Å²) < 4.78 is 37.3. The van der Waals surface area contributed by atoms with Gasteiger partial charge in [-0.1, -0.05) is 11.8 Å². The van der Waals surface area contributed by atoms with E-state index in [0.717, 1.165) is 7.11 Å². The second-order valence-corrected chi connectivity index (χ2v) is 7.00. The number of carbonyl (C=O) groups is 1. The van der Waals surface area contributed by atoms with Crippen molar-refractivity contribution in [3.63, 3.8) is 0 Å². The fourth-order valence-corrected chi connectivity index (χ4v) is 4.70. The summed E-state index contributed by atoms with van der Waals surface area (Å²) in [6.07, 6.45) is -3.27. The molecule has 8 heteroatoms. The highest BCUT2D eigenvalue weighted by Gasteiger charge is 2.68. The van der Waals surface area contributed by atoms with E-state index in [9.17, 15) is 18.7 Å². The average molecular weight is 331 g/mol. The van der Waals surface area contributed by atoms with Crippen molar-refractivity contribution in [3.05, 3.63) is 22.9 Å². The predicted molar refractivity (Wildman–Crippen MR) is 75.0 cm³/mol. The Morgan fingerprint density at radius 3 is 2.86 bits per heavy atom. The second kappa shape index (κ2) is 4.79. The van der Waals surface area contributed by atoms with Crippen LogP contribution in [0.25, 0.3) is 0 Å². The minimum atomic E-state index is -2.88. The van der Waals surface area contributed by atoms with Crippen LogP contribution in [0.15, 0.2) is 6.07 Å². The molecule has 1 saturated heterocycles. The van der Waals surface area contributed by atoms with Crippen LogP contribution in [0.2, 0.25) is 0 Å². The molecule has 5 nitrogen and oxygen atoms in total. The van der Waals surface area contributed by atoms with Gasteiger partial charge in [-0.25, -0.2) is 13.8 Å². The van der Waals surface area contributed by atoms with Gasteiger partial charge in [-0.15, -0.1) is 0 Å². The highest BCUT2D eigenvalue weighted by molar-refractivity contribution is 8.02. The maximum absolute atomic E-state index is 13.6. The molecular formula is C14H15F2NO4S. The van der Waals surface area contributed by atoms with Crippen LogP contribution >= 0.6 is 11.8 Å². The number of thioether (sulfide) groups is 1. The lowest BCUT2D eigenvalue weighted by atomic mass is 9.81. The number of hydrogen-bond donors (Lipinski definition) is 1. The number of aryl methyl sites for hydroxylation is 2. The molecule has 0 saturated carbocycles.